The highest BCUT2D eigenvalue weighted by molar-refractivity contribution is 5.91. The van der Waals surface area contributed by atoms with E-state index >= 15 is 0 Å². The van der Waals surface area contributed by atoms with Crippen LogP contribution in [0, 0.1) is 0 Å². The number of nitrogens with zero attached hydrogens (tertiary/aromatic N) is 2. The first kappa shape index (κ1) is 17.0. The summed E-state index contributed by atoms with van der Waals surface area (Å²) in [6.45, 7) is 4.15. The minimum atomic E-state index is -0.218. The molecule has 6 heteroatoms. The first-order chi connectivity index (χ1) is 11.6. The normalized spacial score (nSPS) is 16.0. The van der Waals surface area contributed by atoms with Crippen molar-refractivity contribution in [1.82, 2.24) is 14.8 Å². The summed E-state index contributed by atoms with van der Waals surface area (Å²) < 4.78 is 11.0. The van der Waals surface area contributed by atoms with Crippen LogP contribution in [0.4, 0.5) is 0 Å². The van der Waals surface area contributed by atoms with Crippen LogP contribution < -0.4 is 4.74 Å². The van der Waals surface area contributed by atoms with Gasteiger partial charge in [-0.25, -0.2) is 0 Å². The molecule has 1 fully saturated rings. The van der Waals surface area contributed by atoms with Crippen molar-refractivity contribution in [2.45, 2.75) is 6.42 Å². The molecular formula is C18H25N3O3. The fourth-order valence-electron chi connectivity index (χ4n) is 2.94. The Morgan fingerprint density at radius 2 is 2.12 bits per heavy atom. The summed E-state index contributed by atoms with van der Waals surface area (Å²) in [5.74, 6) is 0.421. The van der Waals surface area contributed by atoms with Crippen LogP contribution in [-0.4, -0.2) is 74.2 Å². The molecule has 0 unspecified atom stereocenters. The van der Waals surface area contributed by atoms with E-state index in [1.807, 2.05) is 24.4 Å². The van der Waals surface area contributed by atoms with Gasteiger partial charge in [0.05, 0.1) is 19.8 Å². The van der Waals surface area contributed by atoms with E-state index in [4.69, 9.17) is 9.47 Å². The van der Waals surface area contributed by atoms with Crippen molar-refractivity contribution in [2.75, 3.05) is 53.5 Å². The van der Waals surface area contributed by atoms with Crippen LogP contribution in [0.2, 0.25) is 0 Å². The summed E-state index contributed by atoms with van der Waals surface area (Å²) in [5, 5.41) is 1.01. The summed E-state index contributed by atoms with van der Waals surface area (Å²) in [7, 11) is 4.11. The minimum absolute atomic E-state index is 0.218. The maximum Gasteiger partial charge on any atom is 0.325 e. The number of morpholine rings is 1. The van der Waals surface area contributed by atoms with Crippen molar-refractivity contribution in [2.24, 2.45) is 0 Å². The number of rotatable bonds is 6. The molecule has 1 aromatic carbocycles. The molecule has 0 radical (unpaired) electrons. The Bertz CT molecular complexity index is 690. The Labute approximate surface area is 142 Å². The summed E-state index contributed by atoms with van der Waals surface area (Å²) in [4.78, 5) is 19.8. The van der Waals surface area contributed by atoms with Crippen LogP contribution >= 0.6 is 0 Å². The van der Waals surface area contributed by atoms with Gasteiger partial charge in [-0.1, -0.05) is 6.07 Å². The Balaban J connectivity index is 1.73. The van der Waals surface area contributed by atoms with Crippen molar-refractivity contribution < 1.29 is 14.3 Å². The van der Waals surface area contributed by atoms with Crippen molar-refractivity contribution in [1.29, 1.82) is 0 Å². The van der Waals surface area contributed by atoms with E-state index < -0.39 is 0 Å². The average Bonchev–Trinajstić information content (AvgIpc) is 2.98. The van der Waals surface area contributed by atoms with Gasteiger partial charge in [-0.05, 0) is 38.2 Å². The maximum absolute atomic E-state index is 12.3. The van der Waals surface area contributed by atoms with Crippen LogP contribution in [0.3, 0.4) is 0 Å². The Hall–Kier alpha value is -1.89. The predicted octanol–water partition coefficient (Wildman–Crippen LogP) is 1.51. The Kier molecular flexibility index (Phi) is 5.50. The van der Waals surface area contributed by atoms with E-state index in [0.717, 1.165) is 37.0 Å². The quantitative estimate of drug-likeness (QED) is 0.642. The fourth-order valence-corrected chi connectivity index (χ4v) is 2.94. The topological polar surface area (TPSA) is 57.8 Å². The molecule has 0 spiro atoms. The van der Waals surface area contributed by atoms with E-state index in [9.17, 15) is 4.79 Å². The zero-order chi connectivity index (χ0) is 16.9. The Morgan fingerprint density at radius 3 is 2.88 bits per heavy atom. The lowest BCUT2D eigenvalue weighted by molar-refractivity contribution is -0.136. The zero-order valence-electron chi connectivity index (χ0n) is 14.4. The van der Waals surface area contributed by atoms with Gasteiger partial charge in [0.1, 0.15) is 5.75 Å². The van der Waals surface area contributed by atoms with Gasteiger partial charge in [0, 0.05) is 36.7 Å². The Morgan fingerprint density at radius 1 is 1.33 bits per heavy atom. The van der Waals surface area contributed by atoms with Gasteiger partial charge in [0.25, 0.3) is 0 Å². The van der Waals surface area contributed by atoms with Crippen LogP contribution in [0.1, 0.15) is 5.56 Å². The zero-order valence-corrected chi connectivity index (χ0v) is 14.4. The second-order valence-corrected chi connectivity index (χ2v) is 6.41. The molecular weight excluding hydrogens is 306 g/mol. The molecule has 1 saturated heterocycles. The molecule has 1 aromatic heterocycles. The molecule has 2 heterocycles. The van der Waals surface area contributed by atoms with Gasteiger partial charge in [-0.15, -0.1) is 0 Å². The molecule has 1 N–H and O–H groups in total. The van der Waals surface area contributed by atoms with Gasteiger partial charge in [0.2, 0.25) is 0 Å². The van der Waals surface area contributed by atoms with Gasteiger partial charge < -0.3 is 19.4 Å². The molecule has 24 heavy (non-hydrogen) atoms. The highest BCUT2D eigenvalue weighted by atomic mass is 16.5. The van der Waals surface area contributed by atoms with Gasteiger partial charge in [-0.2, -0.15) is 0 Å². The van der Waals surface area contributed by atoms with E-state index in [1.54, 1.807) is 0 Å². The number of ether oxygens (including phenoxy) is 2. The van der Waals surface area contributed by atoms with E-state index in [1.165, 1.54) is 5.56 Å². The van der Waals surface area contributed by atoms with Crippen LogP contribution in [0.15, 0.2) is 24.4 Å². The number of hydrogen-bond donors (Lipinski definition) is 1. The maximum atomic E-state index is 12.3. The largest absolute Gasteiger partial charge is 0.425 e. The number of H-pyrrole nitrogens is 1. The van der Waals surface area contributed by atoms with E-state index in [0.29, 0.717) is 25.5 Å². The minimum Gasteiger partial charge on any atom is -0.425 e. The number of fused-ring (bicyclic) bond motifs is 1. The number of aromatic nitrogens is 1. The number of esters is 1. The third-order valence-corrected chi connectivity index (χ3v) is 4.26. The lowest BCUT2D eigenvalue weighted by atomic mass is 10.1. The van der Waals surface area contributed by atoms with E-state index in [-0.39, 0.29) is 5.97 Å². The number of aromatic amines is 1. The molecule has 0 amide bonds. The lowest BCUT2D eigenvalue weighted by Gasteiger charge is -2.25. The predicted molar refractivity (Wildman–Crippen MR) is 93.5 cm³/mol. The molecule has 1 aliphatic heterocycles. The first-order valence-corrected chi connectivity index (χ1v) is 8.38. The first-order valence-electron chi connectivity index (χ1n) is 8.38. The highest BCUT2D eigenvalue weighted by Gasteiger charge is 2.17. The fraction of sp³-hybridized carbons (Fsp3) is 0.500. The smallest absolute Gasteiger partial charge is 0.325 e. The van der Waals surface area contributed by atoms with Gasteiger partial charge in [-0.3, -0.25) is 9.69 Å². The van der Waals surface area contributed by atoms with Crippen LogP contribution in [0.5, 0.6) is 5.75 Å². The molecule has 0 bridgehead atoms. The number of carbonyl (C=O) groups is 1. The summed E-state index contributed by atoms with van der Waals surface area (Å²) >= 11 is 0. The molecule has 1 aliphatic rings. The van der Waals surface area contributed by atoms with Crippen molar-refractivity contribution in [3.8, 4) is 5.75 Å². The number of carbonyl (C=O) groups excluding carboxylic acids is 1. The number of hydrogen-bond acceptors (Lipinski definition) is 5. The average molecular weight is 331 g/mol. The second-order valence-electron chi connectivity index (χ2n) is 6.41. The van der Waals surface area contributed by atoms with Crippen molar-refractivity contribution in [3.05, 3.63) is 30.0 Å². The summed E-state index contributed by atoms with van der Waals surface area (Å²) in [6, 6.07) is 5.78. The summed E-state index contributed by atoms with van der Waals surface area (Å²) in [6.07, 6.45) is 2.92. The second kappa shape index (κ2) is 7.79. The number of benzene rings is 1. The molecule has 6 nitrogen and oxygen atoms in total. The molecule has 130 valence electrons. The third-order valence-electron chi connectivity index (χ3n) is 4.26. The monoisotopic (exact) mass is 331 g/mol. The van der Waals surface area contributed by atoms with E-state index in [2.05, 4.69) is 28.9 Å². The van der Waals surface area contributed by atoms with Gasteiger partial charge in [0.15, 0.2) is 0 Å². The lowest BCUT2D eigenvalue weighted by Crippen LogP contribution is -2.40. The van der Waals surface area contributed by atoms with Gasteiger partial charge >= 0.3 is 5.97 Å². The van der Waals surface area contributed by atoms with Crippen LogP contribution in [0.25, 0.3) is 10.9 Å². The number of likely N-dealkylation sites (N-methyl/N-ethyl adjacent to an activating group) is 1. The van der Waals surface area contributed by atoms with Crippen molar-refractivity contribution >= 4 is 16.9 Å². The molecule has 0 saturated carbocycles. The van der Waals surface area contributed by atoms with Crippen molar-refractivity contribution in [3.63, 3.8) is 0 Å². The molecule has 0 atom stereocenters. The number of nitrogens with one attached hydrogen (secondary N) is 1. The SMILES string of the molecule is CN(C)CCc1c[nH]c2cccc(OC(=O)CN3CCOCC3)c12. The molecule has 2 aromatic rings. The highest BCUT2D eigenvalue weighted by Crippen LogP contribution is 2.29. The standard InChI is InChI=1S/C18H25N3O3/c1-20(2)7-6-14-12-19-15-4-3-5-16(18(14)15)24-17(22)13-21-8-10-23-11-9-21/h3-5,12,19H,6-11,13H2,1-2H3. The molecule has 0 aliphatic carbocycles. The third kappa shape index (κ3) is 4.14. The summed E-state index contributed by atoms with van der Waals surface area (Å²) in [5.41, 5.74) is 2.17. The van der Waals surface area contributed by atoms with Crippen LogP contribution in [-0.2, 0) is 16.0 Å². The molecule has 3 rings (SSSR count).